The number of amides is 1. The van der Waals surface area contributed by atoms with Gasteiger partial charge in [0, 0.05) is 38.1 Å². The summed E-state index contributed by atoms with van der Waals surface area (Å²) in [5.41, 5.74) is 0.897. The highest BCUT2D eigenvalue weighted by Crippen LogP contribution is 2.18. The van der Waals surface area contributed by atoms with E-state index in [0.717, 1.165) is 25.2 Å². The number of H-pyrrole nitrogens is 1. The topological polar surface area (TPSA) is 86.5 Å². The molecule has 2 N–H and O–H groups in total. The van der Waals surface area contributed by atoms with Crippen LogP contribution >= 0.6 is 0 Å². The van der Waals surface area contributed by atoms with Crippen LogP contribution in [0.4, 0.5) is 0 Å². The maximum Gasteiger partial charge on any atom is 0.252 e. The number of carbonyl (C=O) groups is 1. The summed E-state index contributed by atoms with van der Waals surface area (Å²) in [6.45, 7) is 1.59. The number of aromatic nitrogens is 3. The first-order valence-corrected chi connectivity index (χ1v) is 6.63. The number of aryl methyl sites for hydroxylation is 1. The number of imidazole rings is 1. The van der Waals surface area contributed by atoms with Crippen molar-refractivity contribution in [1.82, 2.24) is 19.9 Å². The zero-order chi connectivity index (χ0) is 13.9. The van der Waals surface area contributed by atoms with Crippen LogP contribution in [-0.4, -0.2) is 27.0 Å². The van der Waals surface area contributed by atoms with Gasteiger partial charge in [-0.05, 0) is 18.4 Å². The molecule has 20 heavy (non-hydrogen) atoms. The van der Waals surface area contributed by atoms with E-state index < -0.39 is 0 Å². The van der Waals surface area contributed by atoms with Gasteiger partial charge in [0.25, 0.3) is 5.91 Å². The smallest absolute Gasteiger partial charge is 0.252 e. The lowest BCUT2D eigenvalue weighted by molar-refractivity contribution is 0.0944. The normalized spacial score (nSPS) is 17.2. The van der Waals surface area contributed by atoms with E-state index in [-0.39, 0.29) is 5.91 Å². The zero-order valence-corrected chi connectivity index (χ0v) is 11.0. The van der Waals surface area contributed by atoms with E-state index in [1.165, 1.54) is 0 Å². The minimum absolute atomic E-state index is 0.142. The number of hydrogen-bond acceptors (Lipinski definition) is 3. The minimum atomic E-state index is -0.142. The second-order valence-electron chi connectivity index (χ2n) is 5.02. The lowest BCUT2D eigenvalue weighted by atomic mass is 9.98. The lowest BCUT2D eigenvalue weighted by Gasteiger charge is -2.23. The van der Waals surface area contributed by atoms with Crippen LogP contribution in [0.5, 0.6) is 0 Å². The van der Waals surface area contributed by atoms with Crippen molar-refractivity contribution in [3.8, 4) is 6.07 Å². The minimum Gasteiger partial charge on any atom is -0.352 e. The van der Waals surface area contributed by atoms with Crippen molar-refractivity contribution >= 4 is 5.91 Å². The molecule has 0 saturated carbocycles. The summed E-state index contributed by atoms with van der Waals surface area (Å²) in [6, 6.07) is 3.53. The summed E-state index contributed by atoms with van der Waals surface area (Å²) in [5.74, 6) is 1.36. The van der Waals surface area contributed by atoms with Crippen molar-refractivity contribution in [3.05, 3.63) is 41.7 Å². The van der Waals surface area contributed by atoms with Crippen LogP contribution < -0.4 is 5.32 Å². The van der Waals surface area contributed by atoms with Crippen molar-refractivity contribution in [2.24, 2.45) is 5.92 Å². The Labute approximate surface area is 116 Å². The lowest BCUT2D eigenvalue weighted by Crippen LogP contribution is -2.33. The molecule has 2 aromatic rings. The van der Waals surface area contributed by atoms with E-state index in [0.29, 0.717) is 23.7 Å². The molecule has 1 atom stereocenters. The molecular formula is C14H15N5O. The number of nitriles is 1. The first-order valence-electron chi connectivity index (χ1n) is 6.63. The van der Waals surface area contributed by atoms with Gasteiger partial charge in [0.15, 0.2) is 0 Å². The molecule has 3 rings (SSSR count). The first-order chi connectivity index (χ1) is 9.76. The second-order valence-corrected chi connectivity index (χ2v) is 5.02. The summed E-state index contributed by atoms with van der Waals surface area (Å²) in [6.07, 6.45) is 7.30. The van der Waals surface area contributed by atoms with Crippen LogP contribution in [0.1, 0.15) is 28.3 Å². The number of nitrogens with one attached hydrogen (secondary N) is 2. The van der Waals surface area contributed by atoms with Crippen LogP contribution in [-0.2, 0) is 13.0 Å². The van der Waals surface area contributed by atoms with Crippen molar-refractivity contribution < 1.29 is 4.79 Å². The molecule has 2 aromatic heterocycles. The van der Waals surface area contributed by atoms with E-state index in [9.17, 15) is 4.79 Å². The molecule has 0 fully saturated rings. The zero-order valence-electron chi connectivity index (χ0n) is 11.0. The van der Waals surface area contributed by atoms with Crippen LogP contribution in [0.2, 0.25) is 0 Å². The maximum absolute atomic E-state index is 12.0. The summed E-state index contributed by atoms with van der Waals surface area (Å²) < 4.78 is 2.16. The molecule has 6 nitrogen and oxygen atoms in total. The third-order valence-corrected chi connectivity index (χ3v) is 3.67. The Bertz CT molecular complexity index is 663. The van der Waals surface area contributed by atoms with E-state index >= 15 is 0 Å². The number of hydrogen-bond donors (Lipinski definition) is 2. The van der Waals surface area contributed by atoms with Gasteiger partial charge in [-0.2, -0.15) is 5.26 Å². The summed E-state index contributed by atoms with van der Waals surface area (Å²) in [5, 5.41) is 11.6. The van der Waals surface area contributed by atoms with Gasteiger partial charge in [0.1, 0.15) is 17.6 Å². The number of rotatable bonds is 3. The average molecular weight is 269 g/mol. The SMILES string of the molecule is N#Cc1cc(C(=O)NC[C@H]2CCn3ccnc3C2)c[nH]1. The quantitative estimate of drug-likeness (QED) is 0.874. The van der Waals surface area contributed by atoms with Gasteiger partial charge in [0.05, 0.1) is 5.56 Å². The Kier molecular flexibility index (Phi) is 3.25. The predicted octanol–water partition coefficient (Wildman–Crippen LogP) is 1.08. The molecule has 0 saturated heterocycles. The van der Waals surface area contributed by atoms with E-state index in [1.807, 2.05) is 18.5 Å². The molecule has 0 aliphatic carbocycles. The third-order valence-electron chi connectivity index (χ3n) is 3.67. The summed E-state index contributed by atoms with van der Waals surface area (Å²) >= 11 is 0. The molecule has 1 amide bonds. The molecule has 6 heteroatoms. The Morgan fingerprint density at radius 1 is 1.65 bits per heavy atom. The van der Waals surface area contributed by atoms with Crippen molar-refractivity contribution in [2.75, 3.05) is 6.54 Å². The number of carbonyl (C=O) groups excluding carboxylic acids is 1. The van der Waals surface area contributed by atoms with Gasteiger partial charge in [-0.3, -0.25) is 4.79 Å². The van der Waals surface area contributed by atoms with Gasteiger partial charge in [0.2, 0.25) is 0 Å². The molecule has 0 bridgehead atoms. The standard InChI is InChI=1S/C14H15N5O/c15-7-12-6-11(9-17-12)14(20)18-8-10-1-3-19-4-2-16-13(19)5-10/h2,4,6,9-10,17H,1,3,5,8H2,(H,18,20)/t10-/m0/s1. The molecule has 0 unspecified atom stereocenters. The van der Waals surface area contributed by atoms with Gasteiger partial charge in [-0.25, -0.2) is 4.98 Å². The molecule has 0 aromatic carbocycles. The Morgan fingerprint density at radius 3 is 3.35 bits per heavy atom. The molecule has 102 valence electrons. The Hall–Kier alpha value is -2.55. The maximum atomic E-state index is 12.0. The highest BCUT2D eigenvalue weighted by Gasteiger charge is 2.20. The predicted molar refractivity (Wildman–Crippen MR) is 71.9 cm³/mol. The highest BCUT2D eigenvalue weighted by molar-refractivity contribution is 5.94. The fourth-order valence-corrected chi connectivity index (χ4v) is 2.52. The molecule has 0 spiro atoms. The van der Waals surface area contributed by atoms with Gasteiger partial charge in [-0.15, -0.1) is 0 Å². The molecule has 1 aliphatic heterocycles. The first kappa shape index (κ1) is 12.5. The molecule has 1 aliphatic rings. The Morgan fingerprint density at radius 2 is 2.55 bits per heavy atom. The highest BCUT2D eigenvalue weighted by atomic mass is 16.1. The van der Waals surface area contributed by atoms with Crippen molar-refractivity contribution in [3.63, 3.8) is 0 Å². The fourth-order valence-electron chi connectivity index (χ4n) is 2.52. The molecular weight excluding hydrogens is 254 g/mol. The number of nitrogens with zero attached hydrogens (tertiary/aromatic N) is 3. The van der Waals surface area contributed by atoms with Crippen molar-refractivity contribution in [1.29, 1.82) is 5.26 Å². The van der Waals surface area contributed by atoms with Crippen LogP contribution in [0, 0.1) is 17.2 Å². The summed E-state index contributed by atoms with van der Waals surface area (Å²) in [4.78, 5) is 19.0. The third kappa shape index (κ3) is 2.43. The average Bonchev–Trinajstić information content (AvgIpc) is 3.12. The van der Waals surface area contributed by atoms with Crippen LogP contribution in [0.3, 0.4) is 0 Å². The molecule has 0 radical (unpaired) electrons. The van der Waals surface area contributed by atoms with Gasteiger partial charge >= 0.3 is 0 Å². The number of fused-ring (bicyclic) bond motifs is 1. The largest absolute Gasteiger partial charge is 0.352 e. The second kappa shape index (κ2) is 5.21. The fraction of sp³-hybridized carbons (Fsp3) is 0.357. The van der Waals surface area contributed by atoms with E-state index in [1.54, 1.807) is 12.3 Å². The van der Waals surface area contributed by atoms with E-state index in [2.05, 4.69) is 19.9 Å². The van der Waals surface area contributed by atoms with Crippen LogP contribution in [0.25, 0.3) is 0 Å². The van der Waals surface area contributed by atoms with Gasteiger partial charge < -0.3 is 14.9 Å². The van der Waals surface area contributed by atoms with Gasteiger partial charge in [-0.1, -0.05) is 0 Å². The Balaban J connectivity index is 1.55. The monoisotopic (exact) mass is 269 g/mol. The van der Waals surface area contributed by atoms with Crippen LogP contribution in [0.15, 0.2) is 24.7 Å². The molecule has 3 heterocycles. The number of aromatic amines is 1. The van der Waals surface area contributed by atoms with E-state index in [4.69, 9.17) is 5.26 Å². The van der Waals surface area contributed by atoms with Crippen molar-refractivity contribution in [2.45, 2.75) is 19.4 Å². The summed E-state index contributed by atoms with van der Waals surface area (Å²) in [7, 11) is 0.